The van der Waals surface area contributed by atoms with Crippen LogP contribution in [0, 0.1) is 0 Å². The summed E-state index contributed by atoms with van der Waals surface area (Å²) in [6, 6.07) is 0.643. The standard InChI is InChI=1S/C15H36N4/c1-14(16)8-12-18-10-6-4-3-5-7-11-19-13-9-15(2)17/h14-15,18-19H,3-13,16-17H2,1-2H3. The zero-order chi connectivity index (χ0) is 14.3. The van der Waals surface area contributed by atoms with Crippen molar-refractivity contribution in [3.8, 4) is 0 Å². The minimum Gasteiger partial charge on any atom is -0.328 e. The Bertz CT molecular complexity index is 154. The van der Waals surface area contributed by atoms with Crippen LogP contribution in [-0.2, 0) is 0 Å². The summed E-state index contributed by atoms with van der Waals surface area (Å²) in [5.74, 6) is 0. The fourth-order valence-corrected chi connectivity index (χ4v) is 1.94. The van der Waals surface area contributed by atoms with Gasteiger partial charge in [-0.15, -0.1) is 0 Å². The molecule has 0 bridgehead atoms. The Kier molecular flexibility index (Phi) is 14.1. The van der Waals surface area contributed by atoms with E-state index in [9.17, 15) is 0 Å². The van der Waals surface area contributed by atoms with Crippen molar-refractivity contribution in [2.45, 2.75) is 70.9 Å². The Morgan fingerprint density at radius 2 is 1.00 bits per heavy atom. The average Bonchev–Trinajstić information content (AvgIpc) is 2.34. The zero-order valence-electron chi connectivity index (χ0n) is 13.1. The third kappa shape index (κ3) is 17.8. The van der Waals surface area contributed by atoms with Crippen LogP contribution in [0.1, 0.15) is 58.8 Å². The summed E-state index contributed by atoms with van der Waals surface area (Å²) in [7, 11) is 0. The summed E-state index contributed by atoms with van der Waals surface area (Å²) in [5.41, 5.74) is 11.4. The van der Waals surface area contributed by atoms with E-state index in [1.165, 1.54) is 32.1 Å². The van der Waals surface area contributed by atoms with Gasteiger partial charge in [-0.05, 0) is 65.7 Å². The lowest BCUT2D eigenvalue weighted by Crippen LogP contribution is -2.24. The highest BCUT2D eigenvalue weighted by molar-refractivity contribution is 4.58. The Hall–Kier alpha value is -0.160. The Morgan fingerprint density at radius 3 is 1.37 bits per heavy atom. The van der Waals surface area contributed by atoms with Crippen LogP contribution in [0.4, 0.5) is 0 Å². The maximum Gasteiger partial charge on any atom is 0.00225 e. The molecule has 0 rings (SSSR count). The number of hydrogen-bond donors (Lipinski definition) is 4. The highest BCUT2D eigenvalue weighted by atomic mass is 14.9. The normalized spacial score (nSPS) is 14.5. The number of rotatable bonds is 14. The molecule has 0 radical (unpaired) electrons. The fourth-order valence-electron chi connectivity index (χ4n) is 1.94. The molecule has 0 aromatic heterocycles. The summed E-state index contributed by atoms with van der Waals surface area (Å²) in [4.78, 5) is 0. The predicted molar refractivity (Wildman–Crippen MR) is 85.4 cm³/mol. The number of nitrogens with two attached hydrogens (primary N) is 2. The van der Waals surface area contributed by atoms with Crippen molar-refractivity contribution in [1.29, 1.82) is 0 Å². The first-order valence-electron chi connectivity index (χ1n) is 8.05. The smallest absolute Gasteiger partial charge is 0.00225 e. The van der Waals surface area contributed by atoms with Crippen LogP contribution in [0.2, 0.25) is 0 Å². The molecule has 0 saturated heterocycles. The fraction of sp³-hybridized carbons (Fsp3) is 1.00. The van der Waals surface area contributed by atoms with E-state index in [2.05, 4.69) is 24.5 Å². The molecule has 4 heteroatoms. The first kappa shape index (κ1) is 18.8. The molecular formula is C15H36N4. The molecule has 116 valence electrons. The van der Waals surface area contributed by atoms with Crippen molar-refractivity contribution < 1.29 is 0 Å². The van der Waals surface area contributed by atoms with Crippen molar-refractivity contribution in [3.05, 3.63) is 0 Å². The monoisotopic (exact) mass is 272 g/mol. The second-order valence-corrected chi connectivity index (χ2v) is 5.80. The predicted octanol–water partition coefficient (Wildman–Crippen LogP) is 1.59. The number of unbranched alkanes of at least 4 members (excludes halogenated alkanes) is 4. The van der Waals surface area contributed by atoms with Gasteiger partial charge in [0.1, 0.15) is 0 Å². The van der Waals surface area contributed by atoms with E-state index in [0.717, 1.165) is 39.0 Å². The molecule has 0 aromatic rings. The first-order valence-corrected chi connectivity index (χ1v) is 8.05. The molecule has 0 spiro atoms. The average molecular weight is 272 g/mol. The van der Waals surface area contributed by atoms with Crippen molar-refractivity contribution in [2.24, 2.45) is 11.5 Å². The topological polar surface area (TPSA) is 76.1 Å². The molecule has 0 aromatic carbocycles. The Labute approximate surface area is 120 Å². The van der Waals surface area contributed by atoms with E-state index in [1.807, 2.05) is 0 Å². The second-order valence-electron chi connectivity index (χ2n) is 5.80. The molecule has 6 N–H and O–H groups in total. The summed E-state index contributed by atoms with van der Waals surface area (Å²) >= 11 is 0. The summed E-state index contributed by atoms with van der Waals surface area (Å²) in [5, 5.41) is 6.88. The van der Waals surface area contributed by atoms with Crippen LogP contribution >= 0.6 is 0 Å². The van der Waals surface area contributed by atoms with Crippen molar-refractivity contribution in [1.82, 2.24) is 10.6 Å². The van der Waals surface area contributed by atoms with Gasteiger partial charge >= 0.3 is 0 Å². The minimum absolute atomic E-state index is 0.322. The molecule has 0 heterocycles. The van der Waals surface area contributed by atoms with E-state index in [-0.39, 0.29) is 0 Å². The zero-order valence-corrected chi connectivity index (χ0v) is 13.1. The molecule has 2 atom stereocenters. The van der Waals surface area contributed by atoms with Gasteiger partial charge < -0.3 is 22.1 Å². The number of hydrogen-bond acceptors (Lipinski definition) is 4. The largest absolute Gasteiger partial charge is 0.328 e. The first-order chi connectivity index (χ1) is 9.13. The third-order valence-corrected chi connectivity index (χ3v) is 3.26. The van der Waals surface area contributed by atoms with Crippen LogP contribution in [-0.4, -0.2) is 38.3 Å². The van der Waals surface area contributed by atoms with Crippen LogP contribution in [0.25, 0.3) is 0 Å². The van der Waals surface area contributed by atoms with E-state index < -0.39 is 0 Å². The van der Waals surface area contributed by atoms with Gasteiger partial charge in [-0.3, -0.25) is 0 Å². The van der Waals surface area contributed by atoms with Crippen LogP contribution < -0.4 is 22.1 Å². The van der Waals surface area contributed by atoms with Gasteiger partial charge in [-0.25, -0.2) is 0 Å². The molecular weight excluding hydrogens is 236 g/mol. The lowest BCUT2D eigenvalue weighted by Gasteiger charge is -2.08. The van der Waals surface area contributed by atoms with Crippen molar-refractivity contribution in [2.75, 3.05) is 26.2 Å². The minimum atomic E-state index is 0.322. The van der Waals surface area contributed by atoms with Crippen molar-refractivity contribution >= 4 is 0 Å². The molecule has 4 nitrogen and oxygen atoms in total. The maximum absolute atomic E-state index is 5.69. The van der Waals surface area contributed by atoms with Gasteiger partial charge in [0, 0.05) is 12.1 Å². The van der Waals surface area contributed by atoms with Crippen molar-refractivity contribution in [3.63, 3.8) is 0 Å². The Balaban J connectivity index is 2.95. The highest BCUT2D eigenvalue weighted by Gasteiger charge is 1.95. The van der Waals surface area contributed by atoms with Crippen LogP contribution in [0.3, 0.4) is 0 Å². The molecule has 2 unspecified atom stereocenters. The van der Waals surface area contributed by atoms with Gasteiger partial charge in [0.15, 0.2) is 0 Å². The molecule has 0 saturated carbocycles. The summed E-state index contributed by atoms with van der Waals surface area (Å²) < 4.78 is 0. The van der Waals surface area contributed by atoms with Gasteiger partial charge in [-0.2, -0.15) is 0 Å². The SMILES string of the molecule is CC(N)CCNCCCCCCCNCCC(C)N. The highest BCUT2D eigenvalue weighted by Crippen LogP contribution is 2.01. The quantitative estimate of drug-likeness (QED) is 0.362. The molecule has 0 amide bonds. The number of nitrogens with one attached hydrogen (secondary N) is 2. The Morgan fingerprint density at radius 1 is 0.632 bits per heavy atom. The molecule has 0 fully saturated rings. The van der Waals surface area contributed by atoms with E-state index in [0.29, 0.717) is 12.1 Å². The lowest BCUT2D eigenvalue weighted by molar-refractivity contribution is 0.531. The van der Waals surface area contributed by atoms with Gasteiger partial charge in [-0.1, -0.05) is 19.3 Å². The van der Waals surface area contributed by atoms with E-state index in [4.69, 9.17) is 11.5 Å². The molecule has 0 aliphatic rings. The third-order valence-electron chi connectivity index (χ3n) is 3.26. The summed E-state index contributed by atoms with van der Waals surface area (Å²) in [6.45, 7) is 8.51. The maximum atomic E-state index is 5.69. The van der Waals surface area contributed by atoms with Gasteiger partial charge in [0.2, 0.25) is 0 Å². The molecule has 0 aliphatic heterocycles. The second kappa shape index (κ2) is 14.3. The van der Waals surface area contributed by atoms with Gasteiger partial charge in [0.05, 0.1) is 0 Å². The molecule has 19 heavy (non-hydrogen) atoms. The van der Waals surface area contributed by atoms with Crippen LogP contribution in [0.15, 0.2) is 0 Å². The van der Waals surface area contributed by atoms with Crippen LogP contribution in [0.5, 0.6) is 0 Å². The van der Waals surface area contributed by atoms with Gasteiger partial charge in [0.25, 0.3) is 0 Å². The summed E-state index contributed by atoms with van der Waals surface area (Å²) in [6.07, 6.45) is 8.76. The molecule has 0 aliphatic carbocycles. The van der Waals surface area contributed by atoms with E-state index >= 15 is 0 Å². The van der Waals surface area contributed by atoms with E-state index in [1.54, 1.807) is 0 Å². The lowest BCUT2D eigenvalue weighted by atomic mass is 10.1.